The molecular weight excluding hydrogens is 490 g/mol. The number of carbonyl (C=O) groups is 3. The van der Waals surface area contributed by atoms with E-state index in [0.29, 0.717) is 61.1 Å². The van der Waals surface area contributed by atoms with Crippen LogP contribution in [-0.2, 0) is 9.53 Å². The average molecular weight is 532 g/mol. The number of carbonyl (C=O) groups excluding carboxylic acids is 3. The molecule has 1 aromatic carbocycles. The van der Waals surface area contributed by atoms with Gasteiger partial charge in [-0.15, -0.1) is 0 Å². The Kier molecular flexibility index (Phi) is 10.2. The van der Waals surface area contributed by atoms with E-state index < -0.39 is 12.0 Å². The van der Waals surface area contributed by atoms with Crippen LogP contribution in [0.4, 0.5) is 9.59 Å². The highest BCUT2D eigenvalue weighted by Gasteiger charge is 2.38. The van der Waals surface area contributed by atoms with Crippen LogP contribution in [0, 0.1) is 0 Å². The van der Waals surface area contributed by atoms with E-state index >= 15 is 0 Å². The van der Waals surface area contributed by atoms with Crippen molar-refractivity contribution in [2.24, 2.45) is 0 Å². The molecular formula is C27H41N5O6. The first-order valence-corrected chi connectivity index (χ1v) is 13.2. The number of likely N-dealkylation sites (N-methyl/N-ethyl adjacent to an activating group) is 1. The Morgan fingerprint density at radius 2 is 1.82 bits per heavy atom. The SMILES string of the molecule is CCOC(=O)C1=C(CN2CCCN(C(=O)NC(C)C)CC2)N(CC)C(=O)NC1c1ccc(OC)c(OC)c1. The number of benzene rings is 1. The number of methoxy groups -OCH3 is 2. The lowest BCUT2D eigenvalue weighted by Gasteiger charge is -2.38. The van der Waals surface area contributed by atoms with Crippen LogP contribution in [0.2, 0.25) is 0 Å². The van der Waals surface area contributed by atoms with E-state index in [2.05, 4.69) is 15.5 Å². The van der Waals surface area contributed by atoms with Gasteiger partial charge in [-0.1, -0.05) is 6.07 Å². The van der Waals surface area contributed by atoms with Crippen LogP contribution >= 0.6 is 0 Å². The predicted molar refractivity (Wildman–Crippen MR) is 143 cm³/mol. The van der Waals surface area contributed by atoms with Gasteiger partial charge < -0.3 is 29.7 Å². The molecule has 1 unspecified atom stereocenters. The number of ether oxygens (including phenoxy) is 3. The molecule has 0 aromatic heterocycles. The number of nitrogens with one attached hydrogen (secondary N) is 2. The largest absolute Gasteiger partial charge is 0.493 e. The molecule has 1 fully saturated rings. The highest BCUT2D eigenvalue weighted by Crippen LogP contribution is 2.36. The summed E-state index contributed by atoms with van der Waals surface area (Å²) in [7, 11) is 3.09. The minimum Gasteiger partial charge on any atom is -0.493 e. The van der Waals surface area contributed by atoms with E-state index in [4.69, 9.17) is 14.2 Å². The van der Waals surface area contributed by atoms with Gasteiger partial charge in [0.15, 0.2) is 11.5 Å². The van der Waals surface area contributed by atoms with E-state index in [1.54, 1.807) is 31.1 Å². The monoisotopic (exact) mass is 531 g/mol. The Morgan fingerprint density at radius 1 is 1.08 bits per heavy atom. The molecule has 2 heterocycles. The van der Waals surface area contributed by atoms with Crippen molar-refractivity contribution < 1.29 is 28.6 Å². The van der Waals surface area contributed by atoms with Gasteiger partial charge in [0.05, 0.1) is 32.4 Å². The maximum atomic E-state index is 13.4. The second-order valence-electron chi connectivity index (χ2n) is 9.54. The zero-order valence-corrected chi connectivity index (χ0v) is 23.3. The molecule has 1 saturated heterocycles. The first kappa shape index (κ1) is 29.1. The van der Waals surface area contributed by atoms with Crippen molar-refractivity contribution in [1.82, 2.24) is 25.3 Å². The second-order valence-corrected chi connectivity index (χ2v) is 9.54. The molecule has 4 amide bonds. The fourth-order valence-corrected chi connectivity index (χ4v) is 4.82. The first-order chi connectivity index (χ1) is 18.2. The maximum Gasteiger partial charge on any atom is 0.338 e. The third-order valence-corrected chi connectivity index (χ3v) is 6.65. The summed E-state index contributed by atoms with van der Waals surface area (Å²) in [5.41, 5.74) is 1.67. The molecule has 210 valence electrons. The van der Waals surface area contributed by atoms with Gasteiger partial charge in [0.1, 0.15) is 0 Å². The number of hydrogen-bond donors (Lipinski definition) is 2. The third-order valence-electron chi connectivity index (χ3n) is 6.65. The van der Waals surface area contributed by atoms with E-state index in [0.717, 1.165) is 13.0 Å². The molecule has 2 aliphatic rings. The molecule has 2 aliphatic heterocycles. The van der Waals surface area contributed by atoms with Crippen molar-refractivity contribution in [3.63, 3.8) is 0 Å². The van der Waals surface area contributed by atoms with Crippen LogP contribution in [0.3, 0.4) is 0 Å². The van der Waals surface area contributed by atoms with Crippen LogP contribution in [0.15, 0.2) is 29.5 Å². The Labute approximate surface area is 225 Å². The minimum atomic E-state index is -0.723. The fraction of sp³-hybridized carbons (Fsp3) is 0.593. The highest BCUT2D eigenvalue weighted by atomic mass is 16.5. The quantitative estimate of drug-likeness (QED) is 0.471. The van der Waals surface area contributed by atoms with Crippen molar-refractivity contribution in [3.05, 3.63) is 35.0 Å². The summed E-state index contributed by atoms with van der Waals surface area (Å²) < 4.78 is 16.3. The first-order valence-electron chi connectivity index (χ1n) is 13.2. The van der Waals surface area contributed by atoms with Gasteiger partial charge in [-0.2, -0.15) is 0 Å². The Bertz CT molecular complexity index is 1040. The van der Waals surface area contributed by atoms with Crippen LogP contribution in [-0.4, -0.2) is 98.9 Å². The molecule has 1 aromatic rings. The predicted octanol–water partition coefficient (Wildman–Crippen LogP) is 2.73. The summed E-state index contributed by atoms with van der Waals surface area (Å²) in [5, 5.41) is 5.94. The lowest BCUT2D eigenvalue weighted by atomic mass is 9.93. The Morgan fingerprint density at radius 3 is 2.45 bits per heavy atom. The summed E-state index contributed by atoms with van der Waals surface area (Å²) in [5.74, 6) is 0.564. The van der Waals surface area contributed by atoms with Gasteiger partial charge in [-0.05, 0) is 51.8 Å². The Hall–Kier alpha value is -3.47. The summed E-state index contributed by atoms with van der Waals surface area (Å²) in [6.07, 6.45) is 0.783. The van der Waals surface area contributed by atoms with Crippen LogP contribution in [0.5, 0.6) is 11.5 Å². The van der Waals surface area contributed by atoms with Crippen LogP contribution in [0.25, 0.3) is 0 Å². The van der Waals surface area contributed by atoms with Crippen molar-refractivity contribution >= 4 is 18.0 Å². The number of esters is 1. The fourth-order valence-electron chi connectivity index (χ4n) is 4.82. The number of nitrogens with zero attached hydrogens (tertiary/aromatic N) is 3. The maximum absolute atomic E-state index is 13.4. The Balaban J connectivity index is 1.98. The number of hydrogen-bond acceptors (Lipinski definition) is 7. The van der Waals surface area contributed by atoms with Crippen molar-refractivity contribution in [3.8, 4) is 11.5 Å². The molecule has 2 N–H and O–H groups in total. The standard InChI is InChI=1S/C27H41N5O6/c1-7-32-20(17-30-12-9-13-31(15-14-30)26(34)28-18(3)4)23(25(33)38-8-2)24(29-27(32)35)19-10-11-21(36-5)22(16-19)37-6/h10-11,16,18,24H,7-9,12-15,17H2,1-6H3,(H,28,34)(H,29,35). The van der Waals surface area contributed by atoms with Gasteiger partial charge in [-0.25, -0.2) is 14.4 Å². The molecule has 0 spiro atoms. The van der Waals surface area contributed by atoms with Gasteiger partial charge in [0.2, 0.25) is 0 Å². The van der Waals surface area contributed by atoms with Gasteiger partial charge in [0, 0.05) is 51.0 Å². The van der Waals surface area contributed by atoms with E-state index in [1.165, 1.54) is 7.11 Å². The van der Waals surface area contributed by atoms with E-state index in [-0.39, 0.29) is 24.7 Å². The normalized spacial score (nSPS) is 18.7. The molecule has 0 bridgehead atoms. The van der Waals surface area contributed by atoms with E-state index in [9.17, 15) is 14.4 Å². The summed E-state index contributed by atoms with van der Waals surface area (Å²) in [6, 6.07) is 4.30. The topological polar surface area (TPSA) is 113 Å². The lowest BCUT2D eigenvalue weighted by molar-refractivity contribution is -0.139. The third kappa shape index (κ3) is 6.69. The van der Waals surface area contributed by atoms with Crippen LogP contribution < -0.4 is 20.1 Å². The minimum absolute atomic E-state index is 0.0616. The number of urea groups is 2. The molecule has 3 rings (SSSR count). The highest BCUT2D eigenvalue weighted by molar-refractivity contribution is 5.95. The van der Waals surface area contributed by atoms with Gasteiger partial charge in [-0.3, -0.25) is 9.80 Å². The van der Waals surface area contributed by atoms with Gasteiger partial charge >= 0.3 is 18.0 Å². The van der Waals surface area contributed by atoms with Gasteiger partial charge in [0.25, 0.3) is 0 Å². The van der Waals surface area contributed by atoms with Crippen molar-refractivity contribution in [1.29, 1.82) is 0 Å². The number of rotatable bonds is 9. The molecule has 0 radical (unpaired) electrons. The molecule has 0 aliphatic carbocycles. The second kappa shape index (κ2) is 13.4. The zero-order chi connectivity index (χ0) is 27.8. The zero-order valence-electron chi connectivity index (χ0n) is 23.3. The van der Waals surface area contributed by atoms with Crippen LogP contribution in [0.1, 0.15) is 45.7 Å². The van der Waals surface area contributed by atoms with Crippen molar-refractivity contribution in [2.75, 3.05) is 60.1 Å². The van der Waals surface area contributed by atoms with Crippen molar-refractivity contribution in [2.45, 2.75) is 46.2 Å². The average Bonchev–Trinajstić information content (AvgIpc) is 3.13. The molecule has 11 heteroatoms. The summed E-state index contributed by atoms with van der Waals surface area (Å²) >= 11 is 0. The summed E-state index contributed by atoms with van der Waals surface area (Å²) in [4.78, 5) is 44.8. The van der Waals surface area contributed by atoms with E-state index in [1.807, 2.05) is 31.7 Å². The molecule has 1 atom stereocenters. The smallest absolute Gasteiger partial charge is 0.338 e. The lowest BCUT2D eigenvalue weighted by Crippen LogP contribution is -2.51. The molecule has 0 saturated carbocycles. The number of amides is 4. The summed E-state index contributed by atoms with van der Waals surface area (Å²) in [6.45, 7) is 11.0. The molecule has 38 heavy (non-hydrogen) atoms. The molecule has 11 nitrogen and oxygen atoms in total.